The molecule has 3 N–H and O–H groups in total. The summed E-state index contributed by atoms with van der Waals surface area (Å²) < 4.78 is 5.86. The van der Waals surface area contributed by atoms with Crippen LogP contribution < -0.4 is 15.8 Å². The molecule has 134 valence electrons. The van der Waals surface area contributed by atoms with Crippen LogP contribution in [-0.2, 0) is 0 Å². The highest BCUT2D eigenvalue weighted by atomic mass is 32.1. The third kappa shape index (κ3) is 5.31. The van der Waals surface area contributed by atoms with Crippen molar-refractivity contribution in [1.29, 1.82) is 0 Å². The third-order valence-corrected chi connectivity index (χ3v) is 5.82. The van der Waals surface area contributed by atoms with E-state index in [1.165, 1.54) is 43.4 Å². The van der Waals surface area contributed by atoms with E-state index in [1.54, 1.807) is 6.07 Å². The zero-order valence-corrected chi connectivity index (χ0v) is 15.3. The third-order valence-electron chi connectivity index (χ3n) is 4.67. The van der Waals surface area contributed by atoms with Crippen molar-refractivity contribution in [2.24, 2.45) is 11.7 Å². The van der Waals surface area contributed by atoms with E-state index in [1.807, 2.05) is 30.3 Å². The summed E-state index contributed by atoms with van der Waals surface area (Å²) in [5, 5.41) is 3.51. The molecule has 1 fully saturated rings. The van der Waals surface area contributed by atoms with E-state index < -0.39 is 0 Å². The van der Waals surface area contributed by atoms with Gasteiger partial charge in [0.15, 0.2) is 0 Å². The van der Waals surface area contributed by atoms with Gasteiger partial charge in [-0.2, -0.15) is 0 Å². The molecule has 0 aliphatic heterocycles. The van der Waals surface area contributed by atoms with Gasteiger partial charge in [0.1, 0.15) is 12.4 Å². The largest absolute Gasteiger partial charge is 0.492 e. The van der Waals surface area contributed by atoms with E-state index in [-0.39, 0.29) is 5.91 Å². The Balaban J connectivity index is 1.45. The molecule has 1 aromatic heterocycles. The average Bonchev–Trinajstić information content (AvgIpc) is 3.13. The van der Waals surface area contributed by atoms with Crippen LogP contribution in [0, 0.1) is 5.92 Å². The van der Waals surface area contributed by atoms with Gasteiger partial charge in [-0.05, 0) is 55.1 Å². The lowest BCUT2D eigenvalue weighted by Crippen LogP contribution is -2.28. The van der Waals surface area contributed by atoms with Crippen molar-refractivity contribution in [2.45, 2.75) is 32.1 Å². The number of carbonyl (C=O) groups excluding carboxylic acids is 1. The molecule has 0 radical (unpaired) electrons. The second kappa shape index (κ2) is 9.02. The zero-order valence-electron chi connectivity index (χ0n) is 14.5. The van der Waals surface area contributed by atoms with Gasteiger partial charge in [0, 0.05) is 11.4 Å². The summed E-state index contributed by atoms with van der Waals surface area (Å²) >= 11 is 1.41. The van der Waals surface area contributed by atoms with E-state index >= 15 is 0 Å². The zero-order chi connectivity index (χ0) is 17.5. The summed E-state index contributed by atoms with van der Waals surface area (Å²) in [6.07, 6.45) is 6.90. The maximum Gasteiger partial charge on any atom is 0.258 e. The van der Waals surface area contributed by atoms with Crippen LogP contribution in [0.4, 0.5) is 0 Å². The van der Waals surface area contributed by atoms with Crippen LogP contribution in [0.15, 0.2) is 36.4 Å². The molecule has 2 aromatic rings. The first kappa shape index (κ1) is 18.0. The lowest BCUT2D eigenvalue weighted by molar-refractivity contribution is 0.100. The minimum Gasteiger partial charge on any atom is -0.492 e. The van der Waals surface area contributed by atoms with Crippen molar-refractivity contribution < 1.29 is 9.53 Å². The maximum atomic E-state index is 11.2. The summed E-state index contributed by atoms with van der Waals surface area (Å²) in [5.74, 6) is 1.31. The number of thiophene rings is 1. The Morgan fingerprint density at radius 3 is 2.80 bits per heavy atom. The Morgan fingerprint density at radius 2 is 2.04 bits per heavy atom. The van der Waals surface area contributed by atoms with Crippen LogP contribution in [0.2, 0.25) is 0 Å². The first-order valence-corrected chi connectivity index (χ1v) is 9.87. The molecule has 0 saturated heterocycles. The predicted molar refractivity (Wildman–Crippen MR) is 103 cm³/mol. The van der Waals surface area contributed by atoms with Gasteiger partial charge in [0.05, 0.1) is 4.88 Å². The molecule has 3 rings (SSSR count). The standard InChI is InChI=1S/C20H26N2O2S/c21-20(23)19-10-9-18(25-19)16-7-4-8-17(13-16)24-12-11-22-14-15-5-2-1-3-6-15/h4,7-10,13,15,22H,1-3,5-6,11-12,14H2,(H2,21,23). The molecule has 0 spiro atoms. The molecule has 1 amide bonds. The second-order valence-corrected chi connectivity index (χ2v) is 7.70. The van der Waals surface area contributed by atoms with Gasteiger partial charge in [-0.1, -0.05) is 31.4 Å². The van der Waals surface area contributed by atoms with Gasteiger partial charge in [-0.3, -0.25) is 4.79 Å². The lowest BCUT2D eigenvalue weighted by atomic mass is 9.89. The molecule has 0 atom stereocenters. The van der Waals surface area contributed by atoms with Crippen LogP contribution in [-0.4, -0.2) is 25.6 Å². The van der Waals surface area contributed by atoms with E-state index in [0.29, 0.717) is 11.5 Å². The molecule has 0 unspecified atom stereocenters. The van der Waals surface area contributed by atoms with E-state index in [9.17, 15) is 4.79 Å². The summed E-state index contributed by atoms with van der Waals surface area (Å²) in [6, 6.07) is 11.7. The van der Waals surface area contributed by atoms with E-state index in [4.69, 9.17) is 10.5 Å². The van der Waals surface area contributed by atoms with Crippen LogP contribution in [0.25, 0.3) is 10.4 Å². The lowest BCUT2D eigenvalue weighted by Gasteiger charge is -2.21. The topological polar surface area (TPSA) is 64.4 Å². The number of amides is 1. The average molecular weight is 359 g/mol. The van der Waals surface area contributed by atoms with Crippen molar-refractivity contribution in [3.05, 3.63) is 41.3 Å². The van der Waals surface area contributed by atoms with Crippen molar-refractivity contribution in [3.8, 4) is 16.2 Å². The molecule has 4 nitrogen and oxygen atoms in total. The number of primary amides is 1. The molecular formula is C20H26N2O2S. The van der Waals surface area contributed by atoms with Crippen molar-refractivity contribution in [1.82, 2.24) is 5.32 Å². The fourth-order valence-electron chi connectivity index (χ4n) is 3.30. The number of carbonyl (C=O) groups is 1. The van der Waals surface area contributed by atoms with Gasteiger partial charge in [0.2, 0.25) is 0 Å². The number of rotatable bonds is 8. The quantitative estimate of drug-likeness (QED) is 0.699. The number of nitrogens with one attached hydrogen (secondary N) is 1. The van der Waals surface area contributed by atoms with Gasteiger partial charge in [-0.15, -0.1) is 11.3 Å². The van der Waals surface area contributed by atoms with Crippen molar-refractivity contribution in [2.75, 3.05) is 19.7 Å². The molecule has 1 saturated carbocycles. The van der Waals surface area contributed by atoms with Gasteiger partial charge < -0.3 is 15.8 Å². The molecule has 0 bridgehead atoms. The highest BCUT2D eigenvalue weighted by Crippen LogP contribution is 2.30. The summed E-state index contributed by atoms with van der Waals surface area (Å²) in [6.45, 7) is 2.63. The molecule has 25 heavy (non-hydrogen) atoms. The van der Waals surface area contributed by atoms with Crippen LogP contribution in [0.1, 0.15) is 41.8 Å². The van der Waals surface area contributed by atoms with Crippen LogP contribution in [0.3, 0.4) is 0 Å². The van der Waals surface area contributed by atoms with E-state index in [2.05, 4.69) is 5.32 Å². The monoisotopic (exact) mass is 358 g/mol. The first-order valence-electron chi connectivity index (χ1n) is 9.06. The van der Waals surface area contributed by atoms with Crippen LogP contribution in [0.5, 0.6) is 5.75 Å². The Morgan fingerprint density at radius 1 is 1.20 bits per heavy atom. The Kier molecular flexibility index (Phi) is 6.48. The highest BCUT2D eigenvalue weighted by Gasteiger charge is 2.12. The fourth-order valence-corrected chi connectivity index (χ4v) is 4.16. The molecule has 1 aliphatic rings. The Labute approximate surface area is 153 Å². The Hall–Kier alpha value is -1.85. The van der Waals surface area contributed by atoms with Crippen molar-refractivity contribution >= 4 is 17.2 Å². The van der Waals surface area contributed by atoms with Gasteiger partial charge in [-0.25, -0.2) is 0 Å². The van der Waals surface area contributed by atoms with E-state index in [0.717, 1.165) is 35.2 Å². The summed E-state index contributed by atoms with van der Waals surface area (Å²) in [7, 11) is 0. The number of benzene rings is 1. The molecule has 1 aliphatic carbocycles. The molecule has 1 aromatic carbocycles. The first-order chi connectivity index (χ1) is 12.2. The summed E-state index contributed by atoms with van der Waals surface area (Å²) in [4.78, 5) is 12.8. The normalized spacial score (nSPS) is 15.2. The van der Waals surface area contributed by atoms with Crippen molar-refractivity contribution in [3.63, 3.8) is 0 Å². The summed E-state index contributed by atoms with van der Waals surface area (Å²) in [5.41, 5.74) is 6.37. The highest BCUT2D eigenvalue weighted by molar-refractivity contribution is 7.17. The smallest absolute Gasteiger partial charge is 0.258 e. The Bertz CT molecular complexity index is 693. The molecular weight excluding hydrogens is 332 g/mol. The second-order valence-electron chi connectivity index (χ2n) is 6.61. The fraction of sp³-hybridized carbons (Fsp3) is 0.450. The SMILES string of the molecule is NC(=O)c1ccc(-c2cccc(OCCNCC3CCCCC3)c2)s1. The maximum absolute atomic E-state index is 11.2. The number of nitrogens with two attached hydrogens (primary N) is 1. The van der Waals surface area contributed by atoms with Gasteiger partial charge >= 0.3 is 0 Å². The molecule has 1 heterocycles. The predicted octanol–water partition coefficient (Wildman–Crippen LogP) is 4.06. The van der Waals surface area contributed by atoms with Crippen LogP contribution >= 0.6 is 11.3 Å². The number of ether oxygens (including phenoxy) is 1. The number of hydrogen-bond donors (Lipinski definition) is 2. The molecule has 5 heteroatoms. The minimum absolute atomic E-state index is 0.382. The number of hydrogen-bond acceptors (Lipinski definition) is 4. The van der Waals surface area contributed by atoms with Gasteiger partial charge in [0.25, 0.3) is 5.91 Å². The minimum atomic E-state index is -0.382.